The quantitative estimate of drug-likeness (QED) is 0.116. The average Bonchev–Trinajstić information content (AvgIpc) is 3.18. The fourth-order valence-corrected chi connectivity index (χ4v) is 8.44. The number of carbonyl (C=O) groups is 4. The van der Waals surface area contributed by atoms with Gasteiger partial charge in [0.1, 0.15) is 18.2 Å². The molecular weight excluding hydrogens is 773 g/mol. The maximum atomic E-state index is 14.8. The third-order valence-electron chi connectivity index (χ3n) is 11.5. The highest BCUT2D eigenvalue weighted by Crippen LogP contribution is 2.39. The van der Waals surface area contributed by atoms with Crippen LogP contribution in [-0.2, 0) is 42.9 Å². The van der Waals surface area contributed by atoms with Gasteiger partial charge in [0.2, 0.25) is 11.8 Å². The third kappa shape index (κ3) is 15.4. The van der Waals surface area contributed by atoms with Crippen molar-refractivity contribution in [2.45, 2.75) is 142 Å². The van der Waals surface area contributed by atoms with Crippen LogP contribution >= 0.6 is 0 Å². The van der Waals surface area contributed by atoms with Crippen molar-refractivity contribution in [3.63, 3.8) is 0 Å². The molecule has 0 radical (unpaired) electrons. The number of rotatable bonds is 17. The average molecular weight is 843 g/mol. The lowest BCUT2D eigenvalue weighted by atomic mass is 9.88. The number of hydrogen-bond donors (Lipinski definition) is 3. The molecule has 0 unspecified atom stereocenters. The van der Waals surface area contributed by atoms with Gasteiger partial charge in [0, 0.05) is 25.0 Å². The van der Waals surface area contributed by atoms with Crippen molar-refractivity contribution in [2.75, 3.05) is 13.1 Å². The van der Waals surface area contributed by atoms with E-state index in [1.807, 2.05) is 126 Å². The molecule has 3 aromatic rings. The first-order valence-electron chi connectivity index (χ1n) is 21.5. The lowest BCUT2D eigenvalue weighted by Crippen LogP contribution is -2.57. The lowest BCUT2D eigenvalue weighted by molar-refractivity contribution is -0.139. The molecule has 3 aromatic carbocycles. The zero-order valence-corrected chi connectivity index (χ0v) is 38.6. The molecule has 0 aromatic heterocycles. The Balaban J connectivity index is 1.57. The van der Waals surface area contributed by atoms with Gasteiger partial charge in [-0.1, -0.05) is 126 Å². The Bertz CT molecular complexity index is 1800. The summed E-state index contributed by atoms with van der Waals surface area (Å²) in [7, 11) is -2.49. The van der Waals surface area contributed by atoms with Gasteiger partial charge in [-0.2, -0.15) is 0 Å². The van der Waals surface area contributed by atoms with Gasteiger partial charge in [-0.3, -0.25) is 9.59 Å². The van der Waals surface area contributed by atoms with E-state index in [2.05, 4.69) is 49.8 Å². The Morgan fingerprint density at radius 1 is 0.733 bits per heavy atom. The van der Waals surface area contributed by atoms with Crippen LogP contribution in [-0.4, -0.2) is 80.1 Å². The molecule has 0 spiro atoms. The maximum absolute atomic E-state index is 14.8. The number of likely N-dealkylation sites (tertiary alicyclic amines) is 1. The van der Waals surface area contributed by atoms with Crippen molar-refractivity contribution >= 4 is 32.3 Å². The van der Waals surface area contributed by atoms with Crippen molar-refractivity contribution < 1.29 is 33.1 Å². The van der Waals surface area contributed by atoms with Crippen molar-refractivity contribution in [2.24, 2.45) is 11.8 Å². The molecule has 11 nitrogen and oxygen atoms in total. The molecule has 0 aliphatic carbocycles. The summed E-state index contributed by atoms with van der Waals surface area (Å²) in [5.74, 6) is -1.19. The predicted molar refractivity (Wildman–Crippen MR) is 240 cm³/mol. The summed E-state index contributed by atoms with van der Waals surface area (Å²) >= 11 is 0. The smallest absolute Gasteiger partial charge is 0.407 e. The number of hydrogen-bond acceptors (Lipinski definition) is 7. The van der Waals surface area contributed by atoms with Crippen molar-refractivity contribution in [1.29, 1.82) is 0 Å². The summed E-state index contributed by atoms with van der Waals surface area (Å²) in [6, 6.07) is 27.9. The molecule has 0 saturated carbocycles. The lowest BCUT2D eigenvalue weighted by Gasteiger charge is -2.42. The Labute approximate surface area is 359 Å². The Morgan fingerprint density at radius 3 is 1.75 bits per heavy atom. The number of nitrogens with zero attached hydrogens (tertiary/aromatic N) is 1. The number of ether oxygens (including phenoxy) is 2. The van der Waals surface area contributed by atoms with E-state index in [0.717, 1.165) is 16.7 Å². The van der Waals surface area contributed by atoms with Crippen LogP contribution in [0.15, 0.2) is 91.0 Å². The molecule has 1 fully saturated rings. The van der Waals surface area contributed by atoms with Crippen LogP contribution in [0.2, 0.25) is 18.1 Å². The summed E-state index contributed by atoms with van der Waals surface area (Å²) in [5.41, 5.74) is 2.18. The molecule has 60 heavy (non-hydrogen) atoms. The van der Waals surface area contributed by atoms with E-state index in [9.17, 15) is 19.2 Å². The minimum atomic E-state index is -2.49. The van der Waals surface area contributed by atoms with Gasteiger partial charge in [-0.15, -0.1) is 0 Å². The number of alkyl carbamates (subject to hydrolysis) is 2. The second-order valence-electron chi connectivity index (χ2n) is 19.0. The summed E-state index contributed by atoms with van der Waals surface area (Å²) in [6.45, 7) is 21.3. The number of piperidine rings is 1. The molecule has 1 aliphatic rings. The van der Waals surface area contributed by atoms with E-state index in [1.54, 1.807) is 4.90 Å². The highest BCUT2D eigenvalue weighted by Gasteiger charge is 2.43. The van der Waals surface area contributed by atoms with Crippen LogP contribution in [0.4, 0.5) is 9.59 Å². The minimum Gasteiger partial charge on any atom is -0.445 e. The SMILES string of the molecule is CC(C)[C@H](NC(=O)[C@@H](Cc1ccccc1)C[C@@H](O[Si](C)(C)C(C)(C)C)[C@H](Cc1ccccc1)NC(=O)OC(C)(C)C)C(=O)N1CCC(NC(=O)OCc2ccccc2)CC1. The fourth-order valence-electron chi connectivity index (χ4n) is 7.07. The van der Waals surface area contributed by atoms with Gasteiger partial charge in [-0.25, -0.2) is 9.59 Å². The fraction of sp³-hybridized carbons (Fsp3) is 0.542. The molecule has 4 atom stereocenters. The van der Waals surface area contributed by atoms with Gasteiger partial charge >= 0.3 is 12.2 Å². The molecule has 328 valence electrons. The van der Waals surface area contributed by atoms with Gasteiger partial charge in [0.15, 0.2) is 8.32 Å². The van der Waals surface area contributed by atoms with Gasteiger partial charge in [0.25, 0.3) is 0 Å². The van der Waals surface area contributed by atoms with Crippen LogP contribution in [0.1, 0.15) is 91.3 Å². The Hall–Kier alpha value is -4.68. The second-order valence-corrected chi connectivity index (χ2v) is 23.8. The largest absolute Gasteiger partial charge is 0.445 e. The van der Waals surface area contributed by atoms with E-state index in [-0.39, 0.29) is 41.8 Å². The zero-order chi connectivity index (χ0) is 44.1. The van der Waals surface area contributed by atoms with Gasteiger partial charge < -0.3 is 34.8 Å². The first kappa shape index (κ1) is 48.0. The number of amides is 4. The van der Waals surface area contributed by atoms with E-state index < -0.39 is 50.2 Å². The molecule has 4 amide bonds. The highest BCUT2D eigenvalue weighted by molar-refractivity contribution is 6.74. The van der Waals surface area contributed by atoms with Crippen molar-refractivity contribution in [1.82, 2.24) is 20.9 Å². The van der Waals surface area contributed by atoms with E-state index in [0.29, 0.717) is 38.8 Å². The van der Waals surface area contributed by atoms with Gasteiger partial charge in [0.05, 0.1) is 12.1 Å². The summed E-state index contributed by atoms with van der Waals surface area (Å²) in [5, 5.41) is 9.14. The maximum Gasteiger partial charge on any atom is 0.407 e. The Morgan fingerprint density at radius 2 is 1.25 bits per heavy atom. The van der Waals surface area contributed by atoms with E-state index >= 15 is 0 Å². The second kappa shape index (κ2) is 21.7. The summed E-state index contributed by atoms with van der Waals surface area (Å²) in [6.07, 6.45) is 0.692. The van der Waals surface area contributed by atoms with Gasteiger partial charge in [-0.05, 0) is 93.6 Å². The molecule has 1 aliphatic heterocycles. The number of benzene rings is 3. The van der Waals surface area contributed by atoms with Crippen LogP contribution < -0.4 is 16.0 Å². The Kier molecular flexibility index (Phi) is 17.4. The monoisotopic (exact) mass is 843 g/mol. The molecule has 0 bridgehead atoms. The molecule has 4 rings (SSSR count). The first-order chi connectivity index (χ1) is 28.2. The normalized spacial score (nSPS) is 15.9. The van der Waals surface area contributed by atoms with Crippen LogP contribution in [0.25, 0.3) is 0 Å². The molecule has 1 heterocycles. The van der Waals surface area contributed by atoms with Crippen LogP contribution in [0, 0.1) is 11.8 Å². The van der Waals surface area contributed by atoms with Crippen LogP contribution in [0.5, 0.6) is 0 Å². The van der Waals surface area contributed by atoms with E-state index in [4.69, 9.17) is 13.9 Å². The van der Waals surface area contributed by atoms with Crippen molar-refractivity contribution in [3.05, 3.63) is 108 Å². The minimum absolute atomic E-state index is 0.129. The summed E-state index contributed by atoms with van der Waals surface area (Å²) in [4.78, 5) is 56.9. The topological polar surface area (TPSA) is 135 Å². The zero-order valence-electron chi connectivity index (χ0n) is 37.6. The standard InChI is InChI=1S/C48H70N4O7Si/c1-34(2)42(44(54)52-28-26-39(27-29-52)49-45(55)57-33-37-24-18-13-19-25-37)51-43(53)38(30-35-20-14-11-15-21-35)32-41(59-60(9,10)48(6,7)8)40(31-36-22-16-12-17-23-36)50-46(56)58-47(3,4)5/h11-25,34,38-42H,26-33H2,1-10H3,(H,49,55)(H,50,56)(H,51,53)/t38-,40-,41+,42-/m0/s1. The van der Waals surface area contributed by atoms with Crippen molar-refractivity contribution in [3.8, 4) is 0 Å². The van der Waals surface area contributed by atoms with E-state index in [1.165, 1.54) is 0 Å². The number of carbonyl (C=O) groups excluding carboxylic acids is 4. The number of nitrogens with one attached hydrogen (secondary N) is 3. The molecular formula is C48H70N4O7Si. The molecule has 12 heteroatoms. The highest BCUT2D eigenvalue weighted by atomic mass is 28.4. The predicted octanol–water partition coefficient (Wildman–Crippen LogP) is 8.82. The first-order valence-corrected chi connectivity index (χ1v) is 24.4. The van der Waals surface area contributed by atoms with Crippen LogP contribution in [0.3, 0.4) is 0 Å². The third-order valence-corrected chi connectivity index (χ3v) is 16.0. The molecule has 3 N–H and O–H groups in total. The molecule has 1 saturated heterocycles. The summed E-state index contributed by atoms with van der Waals surface area (Å²) < 4.78 is 18.4.